The van der Waals surface area contributed by atoms with Crippen LogP contribution in [0.1, 0.15) is 0 Å². The summed E-state index contributed by atoms with van der Waals surface area (Å²) < 4.78 is 0. The fraction of sp³-hybridized carbons (Fsp3) is 0.0625. The minimum Gasteiger partial charge on any atom is -0.493 e. The van der Waals surface area contributed by atoms with Crippen molar-refractivity contribution in [3.63, 3.8) is 0 Å². The molecule has 0 atom stereocenters. The average molecular weight is 294 g/mol. The topological polar surface area (TPSA) is 89.8 Å². The molecule has 0 aliphatic rings. The summed E-state index contributed by atoms with van der Waals surface area (Å²) in [6.45, 7) is 0.0383. The number of amides is 1. The zero-order valence-corrected chi connectivity index (χ0v) is 11.7. The van der Waals surface area contributed by atoms with Crippen LogP contribution in [0.5, 0.6) is 5.88 Å². The fourth-order valence-corrected chi connectivity index (χ4v) is 2.09. The largest absolute Gasteiger partial charge is 0.493 e. The molecule has 22 heavy (non-hydrogen) atoms. The summed E-state index contributed by atoms with van der Waals surface area (Å²) in [6, 6.07) is 16.6. The Balaban J connectivity index is 1.70. The molecule has 0 spiro atoms. The van der Waals surface area contributed by atoms with Gasteiger partial charge in [-0.25, -0.2) is 0 Å². The molecule has 1 amide bonds. The average Bonchev–Trinajstić information content (AvgIpc) is 2.87. The summed E-state index contributed by atoms with van der Waals surface area (Å²) in [7, 11) is 0. The number of para-hydroxylation sites is 2. The molecular weight excluding hydrogens is 280 g/mol. The standard InChI is InChI=1S/C16H14N4O2/c21-14(10-17-11-6-2-1-3-7-11)19-20-15-12-8-4-5-9-13(12)18-16(15)22/h1-9,17-18,22H,10H2. The molecule has 3 rings (SSSR count). The molecule has 1 heterocycles. The van der Waals surface area contributed by atoms with Gasteiger partial charge in [0.15, 0.2) is 5.69 Å². The van der Waals surface area contributed by atoms with E-state index in [0.29, 0.717) is 5.39 Å². The van der Waals surface area contributed by atoms with E-state index in [1.165, 1.54) is 0 Å². The summed E-state index contributed by atoms with van der Waals surface area (Å²) in [5, 5.41) is 21.0. The number of hydrogen-bond acceptors (Lipinski definition) is 4. The molecule has 0 aliphatic carbocycles. The minimum atomic E-state index is -0.423. The Labute approximate surface area is 126 Å². The molecule has 0 saturated heterocycles. The smallest absolute Gasteiger partial charge is 0.283 e. The van der Waals surface area contributed by atoms with Crippen molar-refractivity contribution in [1.82, 2.24) is 4.98 Å². The predicted molar refractivity (Wildman–Crippen MR) is 84.4 cm³/mol. The van der Waals surface area contributed by atoms with Gasteiger partial charge in [-0.1, -0.05) is 36.4 Å². The van der Waals surface area contributed by atoms with Gasteiger partial charge in [0.2, 0.25) is 5.88 Å². The van der Waals surface area contributed by atoms with E-state index in [2.05, 4.69) is 20.5 Å². The summed E-state index contributed by atoms with van der Waals surface area (Å²) >= 11 is 0. The molecule has 0 aliphatic heterocycles. The zero-order valence-electron chi connectivity index (χ0n) is 11.7. The van der Waals surface area contributed by atoms with Crippen LogP contribution in [0, 0.1) is 0 Å². The van der Waals surface area contributed by atoms with Gasteiger partial charge in [0.1, 0.15) is 0 Å². The van der Waals surface area contributed by atoms with E-state index in [9.17, 15) is 9.90 Å². The molecule has 2 aromatic carbocycles. The summed E-state index contributed by atoms with van der Waals surface area (Å²) in [5.74, 6) is -0.526. The number of rotatable bonds is 4. The number of nitrogens with zero attached hydrogens (tertiary/aromatic N) is 2. The Bertz CT molecular complexity index is 825. The highest BCUT2D eigenvalue weighted by Crippen LogP contribution is 2.35. The third-order valence-corrected chi connectivity index (χ3v) is 3.14. The van der Waals surface area contributed by atoms with Gasteiger partial charge in [-0.05, 0) is 18.2 Å². The Morgan fingerprint density at radius 3 is 2.64 bits per heavy atom. The van der Waals surface area contributed by atoms with Gasteiger partial charge in [0.05, 0.1) is 12.1 Å². The maximum absolute atomic E-state index is 11.7. The number of carbonyl (C=O) groups excluding carboxylic acids is 1. The first kappa shape index (κ1) is 13.8. The number of nitrogens with one attached hydrogen (secondary N) is 2. The number of benzene rings is 2. The molecular formula is C16H14N4O2. The van der Waals surface area contributed by atoms with Crippen LogP contribution >= 0.6 is 0 Å². The van der Waals surface area contributed by atoms with Crippen molar-refractivity contribution >= 4 is 28.2 Å². The molecule has 0 radical (unpaired) electrons. The molecule has 6 nitrogen and oxygen atoms in total. The molecule has 3 aromatic rings. The van der Waals surface area contributed by atoms with Crippen molar-refractivity contribution in [3.8, 4) is 5.88 Å². The summed E-state index contributed by atoms with van der Waals surface area (Å²) in [6.07, 6.45) is 0. The minimum absolute atomic E-state index is 0.0383. The fourth-order valence-electron chi connectivity index (χ4n) is 2.09. The lowest BCUT2D eigenvalue weighted by molar-refractivity contribution is -0.116. The highest BCUT2D eigenvalue weighted by atomic mass is 16.3. The Morgan fingerprint density at radius 1 is 1.09 bits per heavy atom. The highest BCUT2D eigenvalue weighted by molar-refractivity contribution is 5.94. The second-order valence-corrected chi connectivity index (χ2v) is 4.68. The second-order valence-electron chi connectivity index (χ2n) is 4.68. The number of azo groups is 1. The van der Waals surface area contributed by atoms with Gasteiger partial charge >= 0.3 is 0 Å². The zero-order chi connectivity index (χ0) is 15.4. The van der Waals surface area contributed by atoms with Crippen LogP contribution < -0.4 is 5.32 Å². The molecule has 0 fully saturated rings. The van der Waals surface area contributed by atoms with Crippen molar-refractivity contribution in [2.75, 3.05) is 11.9 Å². The van der Waals surface area contributed by atoms with Crippen LogP contribution in [-0.2, 0) is 4.79 Å². The van der Waals surface area contributed by atoms with Gasteiger partial charge in [0.25, 0.3) is 5.91 Å². The second kappa shape index (κ2) is 6.09. The van der Waals surface area contributed by atoms with Gasteiger partial charge in [-0.3, -0.25) is 4.79 Å². The van der Waals surface area contributed by atoms with Crippen molar-refractivity contribution in [1.29, 1.82) is 0 Å². The van der Waals surface area contributed by atoms with Crippen molar-refractivity contribution in [2.45, 2.75) is 0 Å². The molecule has 0 bridgehead atoms. The van der Waals surface area contributed by atoms with Crippen LogP contribution in [0.2, 0.25) is 0 Å². The molecule has 0 unspecified atom stereocenters. The number of fused-ring (bicyclic) bond motifs is 1. The maximum atomic E-state index is 11.7. The summed E-state index contributed by atoms with van der Waals surface area (Å²) in [5.41, 5.74) is 1.84. The Morgan fingerprint density at radius 2 is 1.82 bits per heavy atom. The third kappa shape index (κ3) is 2.95. The van der Waals surface area contributed by atoms with Crippen molar-refractivity contribution in [3.05, 3.63) is 54.6 Å². The van der Waals surface area contributed by atoms with E-state index in [-0.39, 0.29) is 18.1 Å². The molecule has 110 valence electrons. The first-order valence-electron chi connectivity index (χ1n) is 6.77. The lowest BCUT2D eigenvalue weighted by Crippen LogP contribution is -2.10. The van der Waals surface area contributed by atoms with E-state index in [4.69, 9.17) is 0 Å². The van der Waals surface area contributed by atoms with Crippen LogP contribution in [0.15, 0.2) is 64.8 Å². The number of carbonyl (C=O) groups is 1. The Kier molecular flexibility index (Phi) is 3.82. The van der Waals surface area contributed by atoms with Crippen LogP contribution in [0.25, 0.3) is 10.9 Å². The number of aromatic amines is 1. The maximum Gasteiger partial charge on any atom is 0.283 e. The lowest BCUT2D eigenvalue weighted by Gasteiger charge is -2.01. The first-order valence-corrected chi connectivity index (χ1v) is 6.77. The van der Waals surface area contributed by atoms with Gasteiger partial charge in [0, 0.05) is 11.1 Å². The van der Waals surface area contributed by atoms with E-state index in [1.807, 2.05) is 48.5 Å². The Hall–Kier alpha value is -3.15. The first-order chi connectivity index (χ1) is 10.7. The van der Waals surface area contributed by atoms with E-state index in [1.54, 1.807) is 6.07 Å². The SMILES string of the molecule is O=C(CNc1ccccc1)N=Nc1c(O)[nH]c2ccccc12. The lowest BCUT2D eigenvalue weighted by atomic mass is 10.2. The monoisotopic (exact) mass is 294 g/mol. The molecule has 6 heteroatoms. The van der Waals surface area contributed by atoms with Crippen molar-refractivity contribution in [2.24, 2.45) is 10.2 Å². The van der Waals surface area contributed by atoms with E-state index < -0.39 is 5.91 Å². The molecule has 3 N–H and O–H groups in total. The number of H-pyrrole nitrogens is 1. The van der Waals surface area contributed by atoms with Crippen molar-refractivity contribution < 1.29 is 9.90 Å². The van der Waals surface area contributed by atoms with E-state index in [0.717, 1.165) is 11.2 Å². The normalized spacial score (nSPS) is 11.1. The van der Waals surface area contributed by atoms with Crippen LogP contribution in [0.3, 0.4) is 0 Å². The van der Waals surface area contributed by atoms with Gasteiger partial charge < -0.3 is 15.4 Å². The molecule has 0 saturated carbocycles. The predicted octanol–water partition coefficient (Wildman–Crippen LogP) is 3.60. The summed E-state index contributed by atoms with van der Waals surface area (Å²) in [4.78, 5) is 14.5. The van der Waals surface area contributed by atoms with Gasteiger partial charge in [-0.15, -0.1) is 10.2 Å². The van der Waals surface area contributed by atoms with Crippen LogP contribution in [0.4, 0.5) is 11.4 Å². The van der Waals surface area contributed by atoms with Gasteiger partial charge in [-0.2, -0.15) is 0 Å². The molecule has 1 aromatic heterocycles. The number of aromatic hydroxyl groups is 1. The number of aromatic nitrogens is 1. The quantitative estimate of drug-likeness (QED) is 0.642. The van der Waals surface area contributed by atoms with E-state index >= 15 is 0 Å². The van der Waals surface area contributed by atoms with Crippen LogP contribution in [-0.4, -0.2) is 22.5 Å². The highest BCUT2D eigenvalue weighted by Gasteiger charge is 2.10. The number of anilines is 1. The third-order valence-electron chi connectivity index (χ3n) is 3.14. The number of hydrogen-bond donors (Lipinski definition) is 3.